The fourth-order valence-electron chi connectivity index (χ4n) is 3.21. The minimum absolute atomic E-state index is 0. The molecule has 0 saturated heterocycles. The number of carbonyl (C=O) groups is 1. The van der Waals surface area contributed by atoms with Gasteiger partial charge in [0, 0.05) is 45.3 Å². The molecule has 146 valence electrons. The molecule has 0 saturated carbocycles. The molecule has 0 N–H and O–H groups in total. The Labute approximate surface area is 172 Å². The van der Waals surface area contributed by atoms with Crippen LogP contribution in [0.2, 0.25) is 0 Å². The van der Waals surface area contributed by atoms with E-state index in [9.17, 15) is 13.6 Å². The molecule has 0 fully saturated rings. The van der Waals surface area contributed by atoms with Crippen LogP contribution >= 0.6 is 0 Å². The third kappa shape index (κ3) is 7.11. The molecule has 1 amide bonds. The SMILES string of the molecule is CCCCC(CC)CN(C(=O)C(C)(C)CCC)c1ccc(F)[c-]c1F.[Ti]. The van der Waals surface area contributed by atoms with Crippen LogP contribution in [0.1, 0.15) is 73.1 Å². The van der Waals surface area contributed by atoms with Gasteiger partial charge < -0.3 is 4.90 Å². The van der Waals surface area contributed by atoms with Crippen LogP contribution in [0.15, 0.2) is 12.1 Å². The van der Waals surface area contributed by atoms with E-state index in [0.29, 0.717) is 12.5 Å². The van der Waals surface area contributed by atoms with E-state index < -0.39 is 17.0 Å². The molecular formula is C21H32F2NOTi-. The number of unbranched alkanes of at least 4 members (excludes halogenated alkanes) is 1. The number of nitrogens with zero attached hydrogens (tertiary/aromatic N) is 1. The minimum atomic E-state index is -0.800. The van der Waals surface area contributed by atoms with E-state index in [2.05, 4.69) is 19.9 Å². The van der Waals surface area contributed by atoms with E-state index in [1.54, 1.807) is 0 Å². The second kappa shape index (κ2) is 11.9. The Kier molecular flexibility index (Phi) is 11.5. The Morgan fingerprint density at radius 1 is 1.19 bits per heavy atom. The molecule has 0 aliphatic carbocycles. The Morgan fingerprint density at radius 2 is 1.85 bits per heavy atom. The standard InChI is InChI=1S/C21H32F2NO.Ti/c1-6-9-10-16(8-3)15-24(20(25)21(4,5)13-7-2)19-12-11-17(22)14-18(19)23;/h11-12,16H,6-10,13,15H2,1-5H3;/q-1;. The molecule has 0 radical (unpaired) electrons. The first-order valence-corrected chi connectivity index (χ1v) is 9.46. The van der Waals surface area contributed by atoms with Gasteiger partial charge in [0.25, 0.3) is 0 Å². The average molecular weight is 400 g/mol. The molecule has 26 heavy (non-hydrogen) atoms. The first-order chi connectivity index (χ1) is 11.8. The maximum atomic E-state index is 14.4. The Bertz CT molecular complexity index is 563. The van der Waals surface area contributed by atoms with Crippen molar-refractivity contribution in [3.05, 3.63) is 29.8 Å². The zero-order chi connectivity index (χ0) is 19.0. The maximum absolute atomic E-state index is 14.4. The van der Waals surface area contributed by atoms with E-state index in [0.717, 1.165) is 38.5 Å². The van der Waals surface area contributed by atoms with Crippen LogP contribution in [-0.4, -0.2) is 12.5 Å². The minimum Gasteiger partial charge on any atom is -0.363 e. The van der Waals surface area contributed by atoms with Gasteiger partial charge in [0.2, 0.25) is 5.91 Å². The summed E-state index contributed by atoms with van der Waals surface area (Å²) >= 11 is 0. The Hall–Kier alpha value is -0.736. The third-order valence-corrected chi connectivity index (χ3v) is 4.82. The summed E-state index contributed by atoms with van der Waals surface area (Å²) < 4.78 is 27.6. The molecule has 0 spiro atoms. The van der Waals surface area contributed by atoms with Gasteiger partial charge in [-0.25, -0.2) is 8.78 Å². The summed E-state index contributed by atoms with van der Waals surface area (Å²) in [7, 11) is 0. The molecule has 1 aromatic carbocycles. The number of anilines is 1. The van der Waals surface area contributed by atoms with Gasteiger partial charge in [0.15, 0.2) is 0 Å². The predicted molar refractivity (Wildman–Crippen MR) is 99.5 cm³/mol. The number of benzene rings is 1. The molecular weight excluding hydrogens is 368 g/mol. The van der Waals surface area contributed by atoms with E-state index in [1.807, 2.05) is 20.8 Å². The number of carbonyl (C=O) groups excluding carboxylic acids is 1. The molecule has 0 aromatic heterocycles. The molecule has 1 unspecified atom stereocenters. The van der Waals surface area contributed by atoms with Crippen molar-refractivity contribution in [3.8, 4) is 0 Å². The van der Waals surface area contributed by atoms with Crippen molar-refractivity contribution < 1.29 is 35.3 Å². The first-order valence-electron chi connectivity index (χ1n) is 9.46. The van der Waals surface area contributed by atoms with E-state index >= 15 is 0 Å². The van der Waals surface area contributed by atoms with Gasteiger partial charge in [0.05, 0.1) is 0 Å². The molecule has 1 atom stereocenters. The Balaban J connectivity index is 0.00000625. The molecule has 5 heteroatoms. The van der Waals surface area contributed by atoms with Crippen molar-refractivity contribution in [1.82, 2.24) is 0 Å². The monoisotopic (exact) mass is 400 g/mol. The van der Waals surface area contributed by atoms with Gasteiger partial charge in [-0.05, 0) is 24.4 Å². The van der Waals surface area contributed by atoms with Crippen LogP contribution in [0, 0.1) is 29.0 Å². The second-order valence-electron chi connectivity index (χ2n) is 7.47. The summed E-state index contributed by atoms with van der Waals surface area (Å²) in [5, 5.41) is 0. The van der Waals surface area contributed by atoms with Gasteiger partial charge in [-0.1, -0.05) is 60.3 Å². The zero-order valence-corrected chi connectivity index (χ0v) is 18.4. The van der Waals surface area contributed by atoms with Crippen molar-refractivity contribution in [2.24, 2.45) is 11.3 Å². The summed E-state index contributed by atoms with van der Waals surface area (Å²) in [4.78, 5) is 14.7. The number of rotatable bonds is 10. The number of hydrogen-bond acceptors (Lipinski definition) is 1. The van der Waals surface area contributed by atoms with E-state index in [-0.39, 0.29) is 33.3 Å². The van der Waals surface area contributed by atoms with Crippen molar-refractivity contribution >= 4 is 11.6 Å². The summed E-state index contributed by atoms with van der Waals surface area (Å²) in [5.74, 6) is -1.36. The average Bonchev–Trinajstić information content (AvgIpc) is 2.55. The Morgan fingerprint density at radius 3 is 2.35 bits per heavy atom. The maximum Gasteiger partial charge on any atom is 0.221 e. The molecule has 0 heterocycles. The summed E-state index contributed by atoms with van der Waals surface area (Å²) in [6.45, 7) is 10.5. The van der Waals surface area contributed by atoms with Gasteiger partial charge in [-0.2, -0.15) is 0 Å². The van der Waals surface area contributed by atoms with Crippen molar-refractivity contribution in [3.63, 3.8) is 0 Å². The first kappa shape index (κ1) is 25.3. The molecule has 0 bridgehead atoms. The van der Waals surface area contributed by atoms with Crippen LogP contribution in [0.3, 0.4) is 0 Å². The molecule has 1 rings (SSSR count). The van der Waals surface area contributed by atoms with Gasteiger partial charge in [0.1, 0.15) is 0 Å². The predicted octanol–water partition coefficient (Wildman–Crippen LogP) is 6.14. The van der Waals surface area contributed by atoms with E-state index in [1.165, 1.54) is 17.0 Å². The fourth-order valence-corrected chi connectivity index (χ4v) is 3.21. The van der Waals surface area contributed by atoms with Crippen LogP contribution in [0.5, 0.6) is 0 Å². The topological polar surface area (TPSA) is 20.3 Å². The van der Waals surface area contributed by atoms with Gasteiger partial charge >= 0.3 is 0 Å². The van der Waals surface area contributed by atoms with Gasteiger partial charge in [-0.3, -0.25) is 4.79 Å². The van der Waals surface area contributed by atoms with Crippen LogP contribution in [0.4, 0.5) is 14.5 Å². The zero-order valence-electron chi connectivity index (χ0n) is 16.8. The number of hydrogen-bond donors (Lipinski definition) is 0. The second-order valence-corrected chi connectivity index (χ2v) is 7.47. The van der Waals surface area contributed by atoms with Crippen LogP contribution in [0.25, 0.3) is 0 Å². The summed E-state index contributed by atoms with van der Waals surface area (Å²) in [6.07, 6.45) is 5.68. The van der Waals surface area contributed by atoms with Crippen LogP contribution < -0.4 is 4.90 Å². The fraction of sp³-hybridized carbons (Fsp3) is 0.667. The van der Waals surface area contributed by atoms with Crippen LogP contribution in [-0.2, 0) is 26.5 Å². The van der Waals surface area contributed by atoms with Gasteiger partial charge in [-0.15, -0.1) is 18.2 Å². The molecule has 0 aliphatic rings. The summed E-state index contributed by atoms with van der Waals surface area (Å²) in [6, 6.07) is 4.58. The smallest absolute Gasteiger partial charge is 0.221 e. The van der Waals surface area contributed by atoms with Crippen molar-refractivity contribution in [2.45, 2.75) is 73.1 Å². The number of halogens is 2. The molecule has 1 aromatic rings. The summed E-state index contributed by atoms with van der Waals surface area (Å²) in [5.41, 5.74) is -0.455. The normalized spacial score (nSPS) is 12.4. The quantitative estimate of drug-likeness (QED) is 0.341. The molecule has 0 aliphatic heterocycles. The van der Waals surface area contributed by atoms with E-state index in [4.69, 9.17) is 0 Å². The molecule has 2 nitrogen and oxygen atoms in total. The third-order valence-electron chi connectivity index (χ3n) is 4.82. The van der Waals surface area contributed by atoms with Crippen molar-refractivity contribution in [2.75, 3.05) is 11.4 Å². The largest absolute Gasteiger partial charge is 0.363 e. The van der Waals surface area contributed by atoms with Crippen molar-refractivity contribution in [1.29, 1.82) is 0 Å². The number of amides is 1.